The Hall–Kier alpha value is -4.22. The first-order valence-corrected chi connectivity index (χ1v) is 16.4. The van der Waals surface area contributed by atoms with Crippen LogP contribution in [0.25, 0.3) is 11.0 Å². The second-order valence-corrected chi connectivity index (χ2v) is 13.3. The summed E-state index contributed by atoms with van der Waals surface area (Å²) in [6.07, 6.45) is 1.83. The normalized spacial score (nSPS) is 16.2. The van der Waals surface area contributed by atoms with Gasteiger partial charge in [0.1, 0.15) is 10.7 Å². The highest BCUT2D eigenvalue weighted by atomic mass is 35.5. The predicted molar refractivity (Wildman–Crippen MR) is 174 cm³/mol. The Morgan fingerprint density at radius 1 is 0.932 bits per heavy atom. The molecule has 0 radical (unpaired) electrons. The molecule has 0 spiro atoms. The fraction of sp³-hybridized carbons (Fsp3) is 0.212. The van der Waals surface area contributed by atoms with E-state index in [1.807, 2.05) is 59.2 Å². The minimum absolute atomic E-state index is 0.0369. The number of likely N-dealkylation sites (tertiary alicyclic amines) is 1. The first kappa shape index (κ1) is 28.5. The molecule has 224 valence electrons. The molecule has 5 aromatic rings. The van der Waals surface area contributed by atoms with Crippen molar-refractivity contribution < 1.29 is 8.42 Å². The monoisotopic (exact) mass is 626 g/mol. The number of hydrogen-bond donors (Lipinski definition) is 2. The van der Waals surface area contributed by atoms with Crippen molar-refractivity contribution in [2.24, 2.45) is 10.1 Å². The van der Waals surface area contributed by atoms with Crippen LogP contribution in [0.15, 0.2) is 106 Å². The van der Waals surface area contributed by atoms with Gasteiger partial charge in [-0.25, -0.2) is 23.3 Å². The number of nitrogens with zero attached hydrogens (tertiary/aromatic N) is 4. The lowest BCUT2D eigenvalue weighted by atomic mass is 10.0. The molecule has 0 saturated carbocycles. The Morgan fingerprint density at radius 2 is 1.64 bits per heavy atom. The second kappa shape index (κ2) is 11.4. The van der Waals surface area contributed by atoms with Crippen molar-refractivity contribution >= 4 is 49.9 Å². The second-order valence-electron chi connectivity index (χ2n) is 11.3. The topological polar surface area (TPSA) is 117 Å². The molecular formula is C33H31ClN6O3S. The summed E-state index contributed by atoms with van der Waals surface area (Å²) in [5.41, 5.74) is 6.22. The van der Waals surface area contributed by atoms with Gasteiger partial charge in [-0.3, -0.25) is 9.47 Å². The lowest BCUT2D eigenvalue weighted by molar-refractivity contribution is 0.180. The van der Waals surface area contributed by atoms with Crippen LogP contribution in [0.2, 0.25) is 5.02 Å². The Bertz CT molecular complexity index is 2050. The molecule has 0 atom stereocenters. The van der Waals surface area contributed by atoms with E-state index in [9.17, 15) is 13.2 Å². The van der Waals surface area contributed by atoms with E-state index < -0.39 is 10.0 Å². The number of sulfonamides is 1. The van der Waals surface area contributed by atoms with Gasteiger partial charge < -0.3 is 9.88 Å². The van der Waals surface area contributed by atoms with Gasteiger partial charge in [0.25, 0.3) is 0 Å². The summed E-state index contributed by atoms with van der Waals surface area (Å²) < 4.78 is 26.1. The number of piperidine rings is 1. The van der Waals surface area contributed by atoms with Gasteiger partial charge in [-0.05, 0) is 60.4 Å². The first-order chi connectivity index (χ1) is 21.2. The molecule has 3 heterocycles. The van der Waals surface area contributed by atoms with Crippen LogP contribution in [0, 0.1) is 0 Å². The number of nitrogens with two attached hydrogens (primary N) is 1. The number of anilines is 1. The Balaban J connectivity index is 1.11. The van der Waals surface area contributed by atoms with Gasteiger partial charge in [0.05, 0.1) is 28.3 Å². The van der Waals surface area contributed by atoms with Gasteiger partial charge in [-0.1, -0.05) is 66.2 Å². The molecule has 0 unspecified atom stereocenters. The number of para-hydroxylation sites is 3. The number of benzene rings is 4. The zero-order chi connectivity index (χ0) is 30.4. The number of fused-ring (bicyclic) bond motifs is 2. The zero-order valence-electron chi connectivity index (χ0n) is 23.9. The molecule has 0 aliphatic carbocycles. The molecule has 3 N–H and O–H groups in total. The van der Waals surface area contributed by atoms with E-state index >= 15 is 0 Å². The number of aromatic amines is 1. The third-order valence-electron chi connectivity index (χ3n) is 8.48. The first-order valence-electron chi connectivity index (χ1n) is 14.5. The van der Waals surface area contributed by atoms with Gasteiger partial charge in [-0.15, -0.1) is 0 Å². The van der Waals surface area contributed by atoms with Gasteiger partial charge in [0.2, 0.25) is 10.0 Å². The molecule has 44 heavy (non-hydrogen) atoms. The number of imidazole rings is 1. The van der Waals surface area contributed by atoms with Crippen LogP contribution in [0.4, 0.5) is 11.4 Å². The van der Waals surface area contributed by atoms with E-state index in [2.05, 4.69) is 39.0 Å². The third kappa shape index (κ3) is 5.46. The number of rotatable bonds is 6. The molecule has 1 aromatic heterocycles. The van der Waals surface area contributed by atoms with Crippen molar-refractivity contribution in [2.75, 3.05) is 18.0 Å². The number of aliphatic imine (C=N–C) groups is 1. The Morgan fingerprint density at radius 3 is 2.36 bits per heavy atom. The number of aromatic nitrogens is 2. The fourth-order valence-electron chi connectivity index (χ4n) is 6.29. The van der Waals surface area contributed by atoms with Crippen LogP contribution < -0.4 is 15.7 Å². The van der Waals surface area contributed by atoms with Gasteiger partial charge in [-0.2, -0.15) is 0 Å². The van der Waals surface area contributed by atoms with Crippen molar-refractivity contribution in [1.82, 2.24) is 14.5 Å². The molecule has 2 aliphatic heterocycles. The molecule has 7 rings (SSSR count). The van der Waals surface area contributed by atoms with E-state index in [4.69, 9.17) is 21.7 Å². The average molecular weight is 627 g/mol. The smallest absolute Gasteiger partial charge is 0.321 e. The van der Waals surface area contributed by atoms with Crippen LogP contribution in [-0.4, -0.2) is 41.8 Å². The molecule has 4 aromatic carbocycles. The summed E-state index contributed by atoms with van der Waals surface area (Å²) in [6, 6.07) is 29.4. The van der Waals surface area contributed by atoms with Crippen LogP contribution in [0.5, 0.6) is 0 Å². The van der Waals surface area contributed by atoms with E-state index in [1.54, 1.807) is 6.07 Å². The summed E-state index contributed by atoms with van der Waals surface area (Å²) in [4.78, 5) is 25.0. The van der Waals surface area contributed by atoms with Gasteiger partial charge in [0, 0.05) is 36.9 Å². The van der Waals surface area contributed by atoms with Crippen molar-refractivity contribution in [1.29, 1.82) is 0 Å². The number of H-pyrrole nitrogens is 1. The van der Waals surface area contributed by atoms with Crippen LogP contribution in [-0.2, 0) is 23.1 Å². The summed E-state index contributed by atoms with van der Waals surface area (Å²) >= 11 is 6.31. The number of amidine groups is 1. The van der Waals surface area contributed by atoms with E-state index in [-0.39, 0.29) is 21.6 Å². The Labute approximate surface area is 260 Å². The van der Waals surface area contributed by atoms with Crippen LogP contribution in [0.1, 0.15) is 35.6 Å². The molecule has 9 nitrogen and oxygen atoms in total. The van der Waals surface area contributed by atoms with Crippen molar-refractivity contribution in [3.8, 4) is 0 Å². The summed E-state index contributed by atoms with van der Waals surface area (Å²) in [6.45, 7) is 3.04. The quantitative estimate of drug-likeness (QED) is 0.256. The fourth-order valence-corrected chi connectivity index (χ4v) is 7.40. The highest BCUT2D eigenvalue weighted by Crippen LogP contribution is 2.36. The van der Waals surface area contributed by atoms with Crippen LogP contribution >= 0.6 is 11.6 Å². The highest BCUT2D eigenvalue weighted by molar-refractivity contribution is 7.89. The molecule has 11 heteroatoms. The molecule has 1 saturated heterocycles. The minimum atomic E-state index is -3.98. The highest BCUT2D eigenvalue weighted by Gasteiger charge is 2.27. The average Bonchev–Trinajstić information content (AvgIpc) is 3.36. The molecule has 0 bridgehead atoms. The maximum absolute atomic E-state index is 12.7. The third-order valence-corrected chi connectivity index (χ3v) is 9.86. The summed E-state index contributed by atoms with van der Waals surface area (Å²) in [7, 11) is -3.98. The standard InChI is InChI=1S/C33H31ClN6O3S/c34-27-19-29-24(18-31(27)44(35,42)43)21-39(25-6-2-1-3-7-25)32(36-29)23-12-10-22(11-13-23)20-38-16-14-26(15-17-38)40-30-9-5-4-8-28(30)37-33(40)41/h1-13,18-19,26H,14-17,20-21H2,(H,37,41)(H2,35,42,43). The minimum Gasteiger partial charge on any atom is -0.321 e. The van der Waals surface area contributed by atoms with E-state index in [1.165, 1.54) is 11.6 Å². The van der Waals surface area contributed by atoms with Crippen molar-refractivity contribution in [2.45, 2.75) is 36.9 Å². The maximum atomic E-state index is 12.7. The van der Waals surface area contributed by atoms with E-state index in [0.717, 1.165) is 66.2 Å². The maximum Gasteiger partial charge on any atom is 0.326 e. The lowest BCUT2D eigenvalue weighted by Crippen LogP contribution is -2.36. The molecular weight excluding hydrogens is 596 g/mol. The van der Waals surface area contributed by atoms with Crippen molar-refractivity contribution in [3.05, 3.63) is 123 Å². The summed E-state index contributed by atoms with van der Waals surface area (Å²) in [5, 5.41) is 5.46. The lowest BCUT2D eigenvalue weighted by Gasteiger charge is -2.33. The Kier molecular flexibility index (Phi) is 7.37. The van der Waals surface area contributed by atoms with Crippen LogP contribution in [0.3, 0.4) is 0 Å². The molecule has 1 fully saturated rings. The van der Waals surface area contributed by atoms with Crippen molar-refractivity contribution in [3.63, 3.8) is 0 Å². The van der Waals surface area contributed by atoms with Gasteiger partial charge >= 0.3 is 5.69 Å². The summed E-state index contributed by atoms with van der Waals surface area (Å²) in [5.74, 6) is 0.750. The largest absolute Gasteiger partial charge is 0.326 e. The number of primary sulfonamides is 1. The van der Waals surface area contributed by atoms with E-state index in [0.29, 0.717) is 12.2 Å². The number of nitrogens with one attached hydrogen (secondary N) is 1. The molecule has 2 aliphatic rings. The SMILES string of the molecule is NS(=O)(=O)c1cc2c(cc1Cl)N=C(c1ccc(CN3CCC(n4c(=O)[nH]c5ccccc54)CC3)cc1)N(c1ccccc1)C2. The zero-order valence-corrected chi connectivity index (χ0v) is 25.4. The number of hydrogen-bond acceptors (Lipinski definition) is 6. The van der Waals surface area contributed by atoms with Gasteiger partial charge in [0.15, 0.2) is 0 Å². The predicted octanol–water partition coefficient (Wildman–Crippen LogP) is 5.57. The number of halogens is 1. The molecule has 0 amide bonds.